The summed E-state index contributed by atoms with van der Waals surface area (Å²) in [6.07, 6.45) is 0. The van der Waals surface area contributed by atoms with E-state index in [0.717, 1.165) is 16.8 Å². The molecule has 2 amide bonds. The Bertz CT molecular complexity index is 1030. The molecule has 0 saturated heterocycles. The number of anilines is 2. The maximum atomic E-state index is 12.3. The van der Waals surface area contributed by atoms with Gasteiger partial charge in [-0.05, 0) is 62.2 Å². The zero-order valence-corrected chi connectivity index (χ0v) is 18.5. The van der Waals surface area contributed by atoms with E-state index in [1.54, 1.807) is 24.3 Å². The topological polar surface area (TPSA) is 93.2 Å². The number of hydrogen-bond acceptors (Lipinski definition) is 7. The monoisotopic (exact) mass is 442 g/mol. The van der Waals surface area contributed by atoms with E-state index in [-0.39, 0.29) is 17.6 Å². The number of ether oxygens (including phenoxy) is 1. The van der Waals surface area contributed by atoms with Crippen molar-refractivity contribution < 1.29 is 14.3 Å². The van der Waals surface area contributed by atoms with E-state index >= 15 is 0 Å². The van der Waals surface area contributed by atoms with E-state index in [1.807, 2.05) is 39.0 Å². The molecule has 0 aliphatic rings. The van der Waals surface area contributed by atoms with Gasteiger partial charge < -0.3 is 10.1 Å². The number of nitrogens with one attached hydrogen (secondary N) is 2. The minimum Gasteiger partial charge on any atom is -0.494 e. The normalized spacial score (nSPS) is 10.5. The second-order valence-electron chi connectivity index (χ2n) is 6.44. The maximum Gasteiger partial charge on any atom is 0.257 e. The Morgan fingerprint density at radius 3 is 2.57 bits per heavy atom. The molecule has 156 valence electrons. The van der Waals surface area contributed by atoms with Gasteiger partial charge in [0.25, 0.3) is 5.91 Å². The number of aromatic nitrogens is 2. The van der Waals surface area contributed by atoms with Gasteiger partial charge in [-0.3, -0.25) is 14.9 Å². The highest BCUT2D eigenvalue weighted by atomic mass is 32.2. The zero-order chi connectivity index (χ0) is 21.5. The summed E-state index contributed by atoms with van der Waals surface area (Å²) < 4.78 is 5.98. The number of nitrogens with zero attached hydrogens (tertiary/aromatic N) is 2. The highest BCUT2D eigenvalue weighted by molar-refractivity contribution is 8.01. The molecule has 0 unspecified atom stereocenters. The number of hydrogen-bond donors (Lipinski definition) is 2. The molecule has 2 N–H and O–H groups in total. The lowest BCUT2D eigenvalue weighted by Gasteiger charge is -2.08. The molecule has 3 aromatic rings. The predicted octanol–water partition coefficient (Wildman–Crippen LogP) is 4.54. The molecule has 0 saturated carbocycles. The quantitative estimate of drug-likeness (QED) is 0.393. The van der Waals surface area contributed by atoms with Crippen molar-refractivity contribution in [3.05, 3.63) is 59.2 Å². The molecule has 2 aromatic carbocycles. The molecule has 0 aliphatic heterocycles. The van der Waals surface area contributed by atoms with Crippen molar-refractivity contribution in [2.45, 2.75) is 25.1 Å². The summed E-state index contributed by atoms with van der Waals surface area (Å²) in [5, 5.41) is 14.0. The average molecular weight is 443 g/mol. The largest absolute Gasteiger partial charge is 0.494 e. The van der Waals surface area contributed by atoms with Gasteiger partial charge in [0, 0.05) is 11.3 Å². The lowest BCUT2D eigenvalue weighted by atomic mass is 10.1. The molecule has 1 aromatic heterocycles. The Labute approximate surface area is 183 Å². The average Bonchev–Trinajstić information content (AvgIpc) is 3.17. The van der Waals surface area contributed by atoms with Gasteiger partial charge in [-0.25, -0.2) is 0 Å². The van der Waals surface area contributed by atoms with E-state index in [9.17, 15) is 9.59 Å². The molecular formula is C21H22N4O3S2. The van der Waals surface area contributed by atoms with Crippen molar-refractivity contribution in [2.75, 3.05) is 23.0 Å². The fourth-order valence-corrected chi connectivity index (χ4v) is 4.09. The molecule has 0 bridgehead atoms. The molecule has 0 aliphatic carbocycles. The molecule has 7 nitrogen and oxygen atoms in total. The van der Waals surface area contributed by atoms with Crippen LogP contribution in [0.2, 0.25) is 0 Å². The van der Waals surface area contributed by atoms with Crippen LogP contribution in [-0.2, 0) is 4.79 Å². The molecule has 1 heterocycles. The first kappa shape index (κ1) is 21.8. The van der Waals surface area contributed by atoms with Gasteiger partial charge >= 0.3 is 0 Å². The number of benzene rings is 2. The Balaban J connectivity index is 1.51. The van der Waals surface area contributed by atoms with Gasteiger partial charge in [0.1, 0.15) is 5.75 Å². The molecule has 0 atom stereocenters. The van der Waals surface area contributed by atoms with Crippen LogP contribution in [0.15, 0.2) is 46.8 Å². The summed E-state index contributed by atoms with van der Waals surface area (Å²) in [5.74, 6) is 0.513. The van der Waals surface area contributed by atoms with Crippen LogP contribution in [0.1, 0.15) is 28.4 Å². The predicted molar refractivity (Wildman–Crippen MR) is 121 cm³/mol. The van der Waals surface area contributed by atoms with Crippen LogP contribution in [0, 0.1) is 13.8 Å². The first-order chi connectivity index (χ1) is 14.4. The summed E-state index contributed by atoms with van der Waals surface area (Å²) >= 11 is 2.50. The minimum absolute atomic E-state index is 0.121. The van der Waals surface area contributed by atoms with E-state index < -0.39 is 0 Å². The van der Waals surface area contributed by atoms with E-state index in [1.165, 1.54) is 23.1 Å². The second kappa shape index (κ2) is 10.2. The third kappa shape index (κ3) is 6.04. The Hall–Kier alpha value is -2.91. The van der Waals surface area contributed by atoms with Crippen LogP contribution in [0.4, 0.5) is 10.8 Å². The molecule has 0 fully saturated rings. The van der Waals surface area contributed by atoms with Gasteiger partial charge in [-0.15, -0.1) is 10.2 Å². The summed E-state index contributed by atoms with van der Waals surface area (Å²) in [4.78, 5) is 24.6. The van der Waals surface area contributed by atoms with Crippen LogP contribution in [0.25, 0.3) is 0 Å². The first-order valence-corrected chi connectivity index (χ1v) is 11.1. The fourth-order valence-electron chi connectivity index (χ4n) is 2.54. The van der Waals surface area contributed by atoms with Crippen LogP contribution in [-0.4, -0.2) is 34.4 Å². The first-order valence-electron chi connectivity index (χ1n) is 9.32. The number of carbonyl (C=O) groups excluding carboxylic acids is 2. The number of carbonyl (C=O) groups is 2. The summed E-state index contributed by atoms with van der Waals surface area (Å²) in [6, 6.07) is 12.8. The van der Waals surface area contributed by atoms with E-state index in [2.05, 4.69) is 20.8 Å². The lowest BCUT2D eigenvalue weighted by molar-refractivity contribution is -0.113. The van der Waals surface area contributed by atoms with Crippen molar-refractivity contribution >= 4 is 45.7 Å². The van der Waals surface area contributed by atoms with Gasteiger partial charge in [-0.1, -0.05) is 35.2 Å². The molecule has 30 heavy (non-hydrogen) atoms. The Morgan fingerprint density at radius 1 is 1.07 bits per heavy atom. The van der Waals surface area contributed by atoms with Gasteiger partial charge in [-0.2, -0.15) is 0 Å². The van der Waals surface area contributed by atoms with Crippen molar-refractivity contribution in [3.8, 4) is 5.75 Å². The highest BCUT2D eigenvalue weighted by Crippen LogP contribution is 2.26. The van der Waals surface area contributed by atoms with Crippen LogP contribution in [0.5, 0.6) is 5.75 Å². The van der Waals surface area contributed by atoms with Crippen molar-refractivity contribution in [1.29, 1.82) is 0 Å². The summed E-state index contributed by atoms with van der Waals surface area (Å²) in [5.41, 5.74) is 3.40. The van der Waals surface area contributed by atoms with Gasteiger partial charge in [0.2, 0.25) is 11.0 Å². The summed E-state index contributed by atoms with van der Waals surface area (Å²) in [7, 11) is 0. The van der Waals surface area contributed by atoms with Gasteiger partial charge in [0.15, 0.2) is 4.34 Å². The molecule has 3 rings (SSSR count). The fraction of sp³-hybridized carbons (Fsp3) is 0.238. The molecular weight excluding hydrogens is 420 g/mol. The standard InChI is InChI=1S/C21H22N4O3S2/c1-4-28-16-9-7-15(8-10-16)19(27)23-20-24-25-21(30-20)29-12-18(26)22-17-11-13(2)5-6-14(17)3/h5-11H,4,12H2,1-3H3,(H,22,26)(H,23,24,27). The number of thioether (sulfide) groups is 1. The SMILES string of the molecule is CCOc1ccc(C(=O)Nc2nnc(SCC(=O)Nc3cc(C)ccc3C)s2)cc1. The number of rotatable bonds is 8. The second-order valence-corrected chi connectivity index (χ2v) is 8.64. The van der Waals surface area contributed by atoms with E-state index in [4.69, 9.17) is 4.74 Å². The molecule has 0 radical (unpaired) electrons. The van der Waals surface area contributed by atoms with Crippen LogP contribution >= 0.6 is 23.1 Å². The molecule has 9 heteroatoms. The van der Waals surface area contributed by atoms with Crippen LogP contribution < -0.4 is 15.4 Å². The van der Waals surface area contributed by atoms with E-state index in [0.29, 0.717) is 27.4 Å². The zero-order valence-electron chi connectivity index (χ0n) is 16.9. The molecule has 0 spiro atoms. The van der Waals surface area contributed by atoms with Crippen molar-refractivity contribution in [2.24, 2.45) is 0 Å². The minimum atomic E-state index is -0.279. The van der Waals surface area contributed by atoms with Crippen LogP contribution in [0.3, 0.4) is 0 Å². The van der Waals surface area contributed by atoms with Gasteiger partial charge in [0.05, 0.1) is 12.4 Å². The van der Waals surface area contributed by atoms with Crippen molar-refractivity contribution in [1.82, 2.24) is 10.2 Å². The number of aryl methyl sites for hydroxylation is 2. The third-order valence-corrected chi connectivity index (χ3v) is 6.02. The Kier molecular flexibility index (Phi) is 7.42. The van der Waals surface area contributed by atoms with Crippen molar-refractivity contribution in [3.63, 3.8) is 0 Å². The number of amides is 2. The lowest BCUT2D eigenvalue weighted by Crippen LogP contribution is -2.14. The highest BCUT2D eigenvalue weighted by Gasteiger charge is 2.13. The Morgan fingerprint density at radius 2 is 1.83 bits per heavy atom. The third-order valence-electron chi connectivity index (χ3n) is 4.05. The smallest absolute Gasteiger partial charge is 0.257 e. The maximum absolute atomic E-state index is 12.3. The summed E-state index contributed by atoms with van der Waals surface area (Å²) in [6.45, 7) is 6.40.